The van der Waals surface area contributed by atoms with Crippen molar-refractivity contribution < 1.29 is 9.18 Å². The van der Waals surface area contributed by atoms with Gasteiger partial charge in [-0.1, -0.05) is 25.3 Å². The van der Waals surface area contributed by atoms with Gasteiger partial charge < -0.3 is 11.1 Å². The second-order valence-corrected chi connectivity index (χ2v) is 5.76. The molecule has 1 aliphatic carbocycles. The molecule has 1 amide bonds. The number of nitriles is 1. The first kappa shape index (κ1) is 15.5. The largest absolute Gasteiger partial charge is 0.330 e. The highest BCUT2D eigenvalue weighted by Crippen LogP contribution is 2.38. The molecule has 2 rings (SSSR count). The van der Waals surface area contributed by atoms with Crippen molar-refractivity contribution in [3.8, 4) is 6.07 Å². The Hall–Kier alpha value is -1.93. The van der Waals surface area contributed by atoms with Crippen molar-refractivity contribution in [3.63, 3.8) is 0 Å². The number of nitrogens with zero attached hydrogens (tertiary/aromatic N) is 1. The van der Waals surface area contributed by atoms with Crippen LogP contribution in [0, 0.1) is 22.6 Å². The highest BCUT2D eigenvalue weighted by molar-refractivity contribution is 5.92. The fraction of sp³-hybridized carbons (Fsp3) is 0.500. The molecule has 112 valence electrons. The van der Waals surface area contributed by atoms with E-state index in [1.54, 1.807) is 6.07 Å². The zero-order valence-corrected chi connectivity index (χ0v) is 12.0. The Kier molecular flexibility index (Phi) is 4.92. The normalized spacial score (nSPS) is 17.0. The van der Waals surface area contributed by atoms with Crippen LogP contribution in [0.5, 0.6) is 0 Å². The number of nitrogens with one attached hydrogen (secondary N) is 1. The molecule has 1 saturated carbocycles. The molecule has 1 aromatic carbocycles. The molecule has 1 aromatic rings. The highest BCUT2D eigenvalue weighted by atomic mass is 19.1. The van der Waals surface area contributed by atoms with Crippen LogP contribution >= 0.6 is 0 Å². The van der Waals surface area contributed by atoms with E-state index in [1.807, 2.05) is 0 Å². The molecular formula is C16H20FN3O. The van der Waals surface area contributed by atoms with E-state index in [0.717, 1.165) is 25.7 Å². The van der Waals surface area contributed by atoms with Crippen LogP contribution < -0.4 is 11.1 Å². The number of amides is 1. The molecule has 21 heavy (non-hydrogen) atoms. The van der Waals surface area contributed by atoms with Crippen LogP contribution in [0.25, 0.3) is 0 Å². The predicted molar refractivity (Wildman–Crippen MR) is 78.9 cm³/mol. The average molecular weight is 289 g/mol. The third kappa shape index (κ3) is 3.59. The summed E-state index contributed by atoms with van der Waals surface area (Å²) in [5, 5.41) is 11.6. The van der Waals surface area contributed by atoms with Gasteiger partial charge in [-0.3, -0.25) is 4.79 Å². The molecule has 0 aliphatic heterocycles. The minimum Gasteiger partial charge on any atom is -0.330 e. The Morgan fingerprint density at radius 2 is 2.10 bits per heavy atom. The Morgan fingerprint density at radius 3 is 2.71 bits per heavy atom. The number of rotatable bonds is 4. The molecule has 0 radical (unpaired) electrons. The summed E-state index contributed by atoms with van der Waals surface area (Å²) in [4.78, 5) is 12.2. The first-order valence-corrected chi connectivity index (χ1v) is 7.29. The number of carbonyl (C=O) groups is 1. The maximum Gasteiger partial charge on any atom is 0.225 e. The van der Waals surface area contributed by atoms with E-state index in [2.05, 4.69) is 5.32 Å². The Labute approximate surface area is 124 Å². The summed E-state index contributed by atoms with van der Waals surface area (Å²) in [6.45, 7) is 0.481. The number of hydrogen-bond donors (Lipinski definition) is 2. The summed E-state index contributed by atoms with van der Waals surface area (Å²) in [5.41, 5.74) is 5.82. The SMILES string of the molecule is N#Cc1c(F)cccc1NC(=O)CC1(CN)CCCCC1. The summed E-state index contributed by atoms with van der Waals surface area (Å²) in [6, 6.07) is 6.00. The number of benzene rings is 1. The van der Waals surface area contributed by atoms with Gasteiger partial charge in [-0.2, -0.15) is 5.26 Å². The monoisotopic (exact) mass is 289 g/mol. The molecule has 0 saturated heterocycles. The summed E-state index contributed by atoms with van der Waals surface area (Å²) >= 11 is 0. The van der Waals surface area contributed by atoms with Gasteiger partial charge in [-0.25, -0.2) is 4.39 Å². The van der Waals surface area contributed by atoms with Crippen molar-refractivity contribution in [1.82, 2.24) is 0 Å². The van der Waals surface area contributed by atoms with Crippen LogP contribution in [0.15, 0.2) is 18.2 Å². The van der Waals surface area contributed by atoms with Crippen molar-refractivity contribution in [1.29, 1.82) is 5.26 Å². The van der Waals surface area contributed by atoms with Gasteiger partial charge in [0.2, 0.25) is 5.91 Å². The van der Waals surface area contributed by atoms with Crippen molar-refractivity contribution in [2.45, 2.75) is 38.5 Å². The van der Waals surface area contributed by atoms with Crippen molar-refractivity contribution in [2.75, 3.05) is 11.9 Å². The van der Waals surface area contributed by atoms with Gasteiger partial charge in [0.15, 0.2) is 0 Å². The number of carbonyl (C=O) groups excluding carboxylic acids is 1. The average Bonchev–Trinajstić information content (AvgIpc) is 2.48. The first-order chi connectivity index (χ1) is 10.1. The van der Waals surface area contributed by atoms with Crippen molar-refractivity contribution in [2.24, 2.45) is 11.1 Å². The summed E-state index contributed by atoms with van der Waals surface area (Å²) in [6.07, 6.45) is 5.59. The van der Waals surface area contributed by atoms with Gasteiger partial charge in [-0.05, 0) is 36.9 Å². The fourth-order valence-electron chi connectivity index (χ4n) is 3.03. The van der Waals surface area contributed by atoms with E-state index in [4.69, 9.17) is 11.0 Å². The Morgan fingerprint density at radius 1 is 1.38 bits per heavy atom. The van der Waals surface area contributed by atoms with Gasteiger partial charge >= 0.3 is 0 Å². The van der Waals surface area contributed by atoms with Crippen molar-refractivity contribution >= 4 is 11.6 Å². The highest BCUT2D eigenvalue weighted by Gasteiger charge is 2.33. The zero-order chi connectivity index (χ0) is 15.3. The molecule has 0 bridgehead atoms. The predicted octanol–water partition coefficient (Wildman–Crippen LogP) is 2.94. The van der Waals surface area contributed by atoms with Crippen LogP contribution in [-0.2, 0) is 4.79 Å². The van der Waals surface area contributed by atoms with Gasteiger partial charge in [0.25, 0.3) is 0 Å². The van der Waals surface area contributed by atoms with E-state index in [-0.39, 0.29) is 22.6 Å². The third-order valence-electron chi connectivity index (χ3n) is 4.28. The second-order valence-electron chi connectivity index (χ2n) is 5.76. The van der Waals surface area contributed by atoms with Gasteiger partial charge in [0.1, 0.15) is 17.4 Å². The topological polar surface area (TPSA) is 78.9 Å². The maximum absolute atomic E-state index is 13.5. The lowest BCUT2D eigenvalue weighted by molar-refractivity contribution is -0.118. The van der Waals surface area contributed by atoms with Crippen LogP contribution in [0.2, 0.25) is 0 Å². The number of halogens is 1. The Bertz CT molecular complexity index is 559. The molecule has 0 atom stereocenters. The molecule has 0 spiro atoms. The summed E-state index contributed by atoms with van der Waals surface area (Å²) < 4.78 is 13.5. The van der Waals surface area contributed by atoms with Crippen LogP contribution in [0.3, 0.4) is 0 Å². The summed E-state index contributed by atoms with van der Waals surface area (Å²) in [7, 11) is 0. The molecule has 4 nitrogen and oxygen atoms in total. The molecule has 0 heterocycles. The van der Waals surface area contributed by atoms with Gasteiger partial charge in [-0.15, -0.1) is 0 Å². The first-order valence-electron chi connectivity index (χ1n) is 7.29. The second kappa shape index (κ2) is 6.68. The number of hydrogen-bond acceptors (Lipinski definition) is 3. The van der Waals surface area contributed by atoms with Gasteiger partial charge in [0, 0.05) is 6.42 Å². The quantitative estimate of drug-likeness (QED) is 0.894. The summed E-state index contributed by atoms with van der Waals surface area (Å²) in [5.74, 6) is -0.828. The minimum absolute atomic E-state index is 0.128. The number of nitrogens with two attached hydrogens (primary N) is 1. The van der Waals surface area contributed by atoms with E-state index >= 15 is 0 Å². The van der Waals surface area contributed by atoms with Crippen molar-refractivity contribution in [3.05, 3.63) is 29.6 Å². The lowest BCUT2D eigenvalue weighted by Crippen LogP contribution is -2.36. The smallest absolute Gasteiger partial charge is 0.225 e. The van der Waals surface area contributed by atoms with Crippen LogP contribution in [0.1, 0.15) is 44.1 Å². The standard InChI is InChI=1S/C16H20FN3O/c17-13-5-4-6-14(12(13)10-18)20-15(21)9-16(11-19)7-2-1-3-8-16/h4-6H,1-3,7-9,11,19H2,(H,20,21). The van der Waals surface area contributed by atoms with Gasteiger partial charge in [0.05, 0.1) is 5.69 Å². The lowest BCUT2D eigenvalue weighted by Gasteiger charge is -2.35. The lowest BCUT2D eigenvalue weighted by atomic mass is 9.71. The number of anilines is 1. The van der Waals surface area contributed by atoms with E-state index in [9.17, 15) is 9.18 Å². The van der Waals surface area contributed by atoms with E-state index in [0.29, 0.717) is 13.0 Å². The van der Waals surface area contributed by atoms with E-state index < -0.39 is 5.82 Å². The maximum atomic E-state index is 13.5. The Balaban J connectivity index is 2.08. The fourth-order valence-corrected chi connectivity index (χ4v) is 3.03. The molecule has 3 N–H and O–H groups in total. The molecule has 1 fully saturated rings. The zero-order valence-electron chi connectivity index (χ0n) is 12.0. The van der Waals surface area contributed by atoms with Crippen LogP contribution in [-0.4, -0.2) is 12.5 Å². The molecule has 1 aliphatic rings. The third-order valence-corrected chi connectivity index (χ3v) is 4.28. The molecule has 0 unspecified atom stereocenters. The molecular weight excluding hydrogens is 269 g/mol. The minimum atomic E-state index is -0.624. The molecule has 5 heteroatoms. The van der Waals surface area contributed by atoms with E-state index in [1.165, 1.54) is 24.6 Å². The van der Waals surface area contributed by atoms with Crippen LogP contribution in [0.4, 0.5) is 10.1 Å². The molecule has 0 aromatic heterocycles.